The van der Waals surface area contributed by atoms with Crippen molar-refractivity contribution in [1.82, 2.24) is 9.97 Å². The van der Waals surface area contributed by atoms with Gasteiger partial charge in [-0.25, -0.2) is 9.97 Å². The summed E-state index contributed by atoms with van der Waals surface area (Å²) in [6, 6.07) is 17.5. The maximum absolute atomic E-state index is 5.56. The number of benzene rings is 2. The molecule has 3 aromatic rings. The Labute approximate surface area is 123 Å². The Morgan fingerprint density at radius 3 is 2.00 bits per heavy atom. The quantitative estimate of drug-likeness (QED) is 0.725. The summed E-state index contributed by atoms with van der Waals surface area (Å²) < 4.78 is 10.7. The average Bonchev–Trinajstić information content (AvgIpc) is 2.57. The molecule has 1 heterocycles. The van der Waals surface area contributed by atoms with Crippen molar-refractivity contribution in [1.29, 1.82) is 0 Å². The molecule has 0 saturated heterocycles. The number of nitrogens with zero attached hydrogens (tertiary/aromatic N) is 2. The summed E-state index contributed by atoms with van der Waals surface area (Å²) in [6.07, 6.45) is 3.49. The van der Waals surface area contributed by atoms with Crippen LogP contribution in [0.15, 0.2) is 67.0 Å². The zero-order valence-electron chi connectivity index (χ0n) is 11.6. The average molecular weight is 278 g/mol. The largest absolute Gasteiger partial charge is 0.497 e. The fourth-order valence-corrected chi connectivity index (χ4v) is 1.90. The second-order valence-electron chi connectivity index (χ2n) is 4.40. The summed E-state index contributed by atoms with van der Waals surface area (Å²) in [5, 5.41) is 0. The minimum Gasteiger partial charge on any atom is -0.497 e. The highest BCUT2D eigenvalue weighted by molar-refractivity contribution is 5.62. The van der Waals surface area contributed by atoms with E-state index in [2.05, 4.69) is 9.97 Å². The SMILES string of the molecule is COc1ccc(-c2cnc(Oc3ccccc3)nc2)cc1. The molecule has 0 saturated carbocycles. The van der Waals surface area contributed by atoms with Crippen molar-refractivity contribution >= 4 is 0 Å². The molecule has 0 aliphatic rings. The number of para-hydroxylation sites is 1. The van der Waals surface area contributed by atoms with Gasteiger partial charge in [-0.1, -0.05) is 30.3 Å². The van der Waals surface area contributed by atoms with Gasteiger partial charge >= 0.3 is 6.01 Å². The Morgan fingerprint density at radius 2 is 1.38 bits per heavy atom. The Balaban J connectivity index is 1.77. The molecule has 2 aromatic carbocycles. The third-order valence-electron chi connectivity index (χ3n) is 3.00. The van der Waals surface area contributed by atoms with E-state index in [9.17, 15) is 0 Å². The molecule has 0 aliphatic carbocycles. The fourth-order valence-electron chi connectivity index (χ4n) is 1.90. The van der Waals surface area contributed by atoms with Crippen LogP contribution in [0.25, 0.3) is 11.1 Å². The Kier molecular flexibility index (Phi) is 3.78. The Bertz CT molecular complexity index is 695. The summed E-state index contributed by atoms with van der Waals surface area (Å²) in [4.78, 5) is 8.46. The lowest BCUT2D eigenvalue weighted by atomic mass is 10.1. The molecule has 0 spiro atoms. The summed E-state index contributed by atoms with van der Waals surface area (Å²) in [7, 11) is 1.65. The van der Waals surface area contributed by atoms with Crippen molar-refractivity contribution in [2.75, 3.05) is 7.11 Å². The molecule has 1 aromatic heterocycles. The molecule has 0 N–H and O–H groups in total. The lowest BCUT2D eigenvalue weighted by Crippen LogP contribution is -1.92. The van der Waals surface area contributed by atoms with E-state index in [0.717, 1.165) is 22.6 Å². The third kappa shape index (κ3) is 3.17. The maximum atomic E-state index is 5.56. The van der Waals surface area contributed by atoms with Gasteiger partial charge in [0.05, 0.1) is 7.11 Å². The van der Waals surface area contributed by atoms with Crippen LogP contribution in [0.1, 0.15) is 0 Å². The first kappa shape index (κ1) is 13.1. The number of aromatic nitrogens is 2. The van der Waals surface area contributed by atoms with Gasteiger partial charge in [0.1, 0.15) is 11.5 Å². The smallest absolute Gasteiger partial charge is 0.321 e. The van der Waals surface area contributed by atoms with Crippen molar-refractivity contribution in [2.45, 2.75) is 0 Å². The van der Waals surface area contributed by atoms with Crippen LogP contribution in [0.4, 0.5) is 0 Å². The van der Waals surface area contributed by atoms with Crippen LogP contribution in [-0.4, -0.2) is 17.1 Å². The van der Waals surface area contributed by atoms with Gasteiger partial charge in [0.2, 0.25) is 0 Å². The van der Waals surface area contributed by atoms with Crippen molar-refractivity contribution < 1.29 is 9.47 Å². The van der Waals surface area contributed by atoms with Crippen molar-refractivity contribution in [2.24, 2.45) is 0 Å². The molecular formula is C17H14N2O2. The lowest BCUT2D eigenvalue weighted by Gasteiger charge is -2.05. The molecule has 0 atom stereocenters. The zero-order valence-corrected chi connectivity index (χ0v) is 11.6. The monoisotopic (exact) mass is 278 g/mol. The van der Waals surface area contributed by atoms with Crippen molar-refractivity contribution in [3.63, 3.8) is 0 Å². The minimum atomic E-state index is 0.332. The van der Waals surface area contributed by atoms with E-state index >= 15 is 0 Å². The molecule has 0 fully saturated rings. The van der Waals surface area contributed by atoms with E-state index in [4.69, 9.17) is 9.47 Å². The van der Waals surface area contributed by atoms with Gasteiger partial charge < -0.3 is 9.47 Å². The molecule has 3 rings (SSSR count). The highest BCUT2D eigenvalue weighted by atomic mass is 16.5. The van der Waals surface area contributed by atoms with E-state index in [1.807, 2.05) is 54.6 Å². The number of rotatable bonds is 4. The van der Waals surface area contributed by atoms with Gasteiger partial charge in [0.15, 0.2) is 0 Å². The van der Waals surface area contributed by atoms with Crippen LogP contribution >= 0.6 is 0 Å². The molecule has 4 heteroatoms. The first-order chi connectivity index (χ1) is 10.3. The van der Waals surface area contributed by atoms with E-state index in [0.29, 0.717) is 6.01 Å². The Hall–Kier alpha value is -2.88. The van der Waals surface area contributed by atoms with Gasteiger partial charge in [-0.15, -0.1) is 0 Å². The second kappa shape index (κ2) is 6.05. The normalized spacial score (nSPS) is 10.1. The van der Waals surface area contributed by atoms with Crippen molar-refractivity contribution in [3.8, 4) is 28.6 Å². The van der Waals surface area contributed by atoms with E-state index in [1.54, 1.807) is 19.5 Å². The number of hydrogen-bond donors (Lipinski definition) is 0. The van der Waals surface area contributed by atoms with Gasteiger partial charge in [-0.3, -0.25) is 0 Å². The van der Waals surface area contributed by atoms with Crippen LogP contribution in [0, 0.1) is 0 Å². The maximum Gasteiger partial charge on any atom is 0.321 e. The highest BCUT2D eigenvalue weighted by Gasteiger charge is 2.03. The predicted octanol–water partition coefficient (Wildman–Crippen LogP) is 3.94. The lowest BCUT2D eigenvalue weighted by molar-refractivity contribution is 0.415. The molecule has 4 nitrogen and oxygen atoms in total. The Morgan fingerprint density at radius 1 is 0.714 bits per heavy atom. The van der Waals surface area contributed by atoms with Crippen LogP contribution in [0.5, 0.6) is 17.5 Å². The third-order valence-corrected chi connectivity index (χ3v) is 3.00. The summed E-state index contributed by atoms with van der Waals surface area (Å²) in [5.74, 6) is 1.54. The van der Waals surface area contributed by atoms with Crippen LogP contribution < -0.4 is 9.47 Å². The molecule has 0 aliphatic heterocycles. The van der Waals surface area contributed by atoms with E-state index < -0.39 is 0 Å². The molecule has 0 bridgehead atoms. The first-order valence-corrected chi connectivity index (χ1v) is 6.54. The van der Waals surface area contributed by atoms with Gasteiger partial charge in [-0.2, -0.15) is 0 Å². The molecule has 104 valence electrons. The first-order valence-electron chi connectivity index (χ1n) is 6.54. The molecule has 21 heavy (non-hydrogen) atoms. The standard InChI is InChI=1S/C17H14N2O2/c1-20-15-9-7-13(8-10-15)14-11-18-17(19-12-14)21-16-5-3-2-4-6-16/h2-12H,1H3. The zero-order chi connectivity index (χ0) is 14.5. The van der Waals surface area contributed by atoms with E-state index in [1.165, 1.54) is 0 Å². The van der Waals surface area contributed by atoms with Crippen molar-refractivity contribution in [3.05, 3.63) is 67.0 Å². The van der Waals surface area contributed by atoms with E-state index in [-0.39, 0.29) is 0 Å². The van der Waals surface area contributed by atoms with Gasteiger partial charge in [-0.05, 0) is 29.8 Å². The predicted molar refractivity (Wildman–Crippen MR) is 80.5 cm³/mol. The van der Waals surface area contributed by atoms with Crippen LogP contribution in [0.2, 0.25) is 0 Å². The number of methoxy groups -OCH3 is 1. The molecular weight excluding hydrogens is 264 g/mol. The molecule has 0 radical (unpaired) electrons. The van der Waals surface area contributed by atoms with Gasteiger partial charge in [0.25, 0.3) is 0 Å². The number of ether oxygens (including phenoxy) is 2. The number of hydrogen-bond acceptors (Lipinski definition) is 4. The van der Waals surface area contributed by atoms with Crippen LogP contribution in [-0.2, 0) is 0 Å². The fraction of sp³-hybridized carbons (Fsp3) is 0.0588. The van der Waals surface area contributed by atoms with Crippen LogP contribution in [0.3, 0.4) is 0 Å². The summed E-state index contributed by atoms with van der Waals surface area (Å²) in [6.45, 7) is 0. The minimum absolute atomic E-state index is 0.332. The summed E-state index contributed by atoms with van der Waals surface area (Å²) in [5.41, 5.74) is 1.96. The molecule has 0 unspecified atom stereocenters. The molecule has 0 amide bonds. The highest BCUT2D eigenvalue weighted by Crippen LogP contribution is 2.23. The second-order valence-corrected chi connectivity index (χ2v) is 4.40. The summed E-state index contributed by atoms with van der Waals surface area (Å²) >= 11 is 0. The topological polar surface area (TPSA) is 44.2 Å². The van der Waals surface area contributed by atoms with Gasteiger partial charge in [0, 0.05) is 18.0 Å².